The van der Waals surface area contributed by atoms with E-state index in [0.29, 0.717) is 16.8 Å². The number of imide groups is 1. The number of allylic oxidation sites excluding steroid dienone is 2. The average molecular weight is 423 g/mol. The van der Waals surface area contributed by atoms with Crippen LogP contribution in [0.2, 0.25) is 0 Å². The van der Waals surface area contributed by atoms with E-state index >= 15 is 0 Å². The molecule has 0 spiro atoms. The number of carbonyl (C=O) groups excluding carboxylic acids is 2. The molecular formula is C27H22NO2P. The Hall–Kier alpha value is -3.42. The fraction of sp³-hybridized carbons (Fsp3) is 0.0741. The van der Waals surface area contributed by atoms with Crippen LogP contribution in [0.4, 0.5) is 0 Å². The van der Waals surface area contributed by atoms with E-state index in [0.717, 1.165) is 11.1 Å². The van der Waals surface area contributed by atoms with Crippen molar-refractivity contribution in [3.8, 4) is 0 Å². The molecule has 0 N–H and O–H groups in total. The van der Waals surface area contributed by atoms with Crippen LogP contribution in [0.25, 0.3) is 5.31 Å². The predicted octanol–water partition coefficient (Wildman–Crippen LogP) is 5.72. The van der Waals surface area contributed by atoms with E-state index < -0.39 is 6.89 Å². The van der Waals surface area contributed by atoms with Crippen molar-refractivity contribution in [2.24, 2.45) is 0 Å². The van der Waals surface area contributed by atoms with Crippen molar-refractivity contribution >= 4 is 29.3 Å². The number of rotatable bonds is 3. The zero-order chi connectivity index (χ0) is 21.6. The fourth-order valence-corrected chi connectivity index (χ4v) is 7.12. The lowest BCUT2D eigenvalue weighted by molar-refractivity contribution is 0.0710. The van der Waals surface area contributed by atoms with Gasteiger partial charge in [-0.25, -0.2) is 4.90 Å². The maximum absolute atomic E-state index is 13.2. The van der Waals surface area contributed by atoms with Gasteiger partial charge in [-0.3, -0.25) is 9.59 Å². The molecule has 0 fully saturated rings. The molecule has 0 radical (unpaired) electrons. The topological polar surface area (TPSA) is 37.4 Å². The normalized spacial score (nSPS) is 17.4. The quantitative estimate of drug-likeness (QED) is 0.399. The average Bonchev–Trinajstić information content (AvgIpc) is 3.05. The van der Waals surface area contributed by atoms with Crippen molar-refractivity contribution in [2.75, 3.05) is 13.3 Å². The SMILES string of the molecule is CP1(C)=C(c2ccccc2)C=C(N2C(=O)c3ccccc3C2=O)C=C1c1ccccc1. The number of carbonyl (C=O) groups is 2. The van der Waals surface area contributed by atoms with Gasteiger partial charge in [0.15, 0.2) is 0 Å². The summed E-state index contributed by atoms with van der Waals surface area (Å²) in [7, 11) is 0. The number of fused-ring (bicyclic) bond motifs is 1. The Morgan fingerprint density at radius 3 is 1.65 bits per heavy atom. The van der Waals surface area contributed by atoms with E-state index in [2.05, 4.69) is 37.6 Å². The van der Waals surface area contributed by atoms with Gasteiger partial charge in [0.1, 0.15) is 0 Å². The van der Waals surface area contributed by atoms with Gasteiger partial charge in [0.05, 0.1) is 16.8 Å². The van der Waals surface area contributed by atoms with Gasteiger partial charge >= 0.3 is 0 Å². The lowest BCUT2D eigenvalue weighted by Gasteiger charge is -2.31. The van der Waals surface area contributed by atoms with Crippen LogP contribution in [0.15, 0.2) is 103 Å². The highest BCUT2D eigenvalue weighted by atomic mass is 31.2. The molecule has 152 valence electrons. The first kappa shape index (κ1) is 19.5. The summed E-state index contributed by atoms with van der Waals surface area (Å²) < 4.78 is 0. The van der Waals surface area contributed by atoms with Crippen molar-refractivity contribution in [3.63, 3.8) is 0 Å². The molecular weight excluding hydrogens is 401 g/mol. The van der Waals surface area contributed by atoms with E-state index in [-0.39, 0.29) is 11.8 Å². The zero-order valence-electron chi connectivity index (χ0n) is 17.4. The molecule has 0 unspecified atom stereocenters. The smallest absolute Gasteiger partial charge is 0.266 e. The van der Waals surface area contributed by atoms with Crippen LogP contribution in [-0.2, 0) is 0 Å². The monoisotopic (exact) mass is 423 g/mol. The molecule has 0 bridgehead atoms. The molecule has 5 rings (SSSR count). The molecule has 31 heavy (non-hydrogen) atoms. The first-order valence-corrected chi connectivity index (χ1v) is 12.9. The molecule has 0 atom stereocenters. The van der Waals surface area contributed by atoms with Crippen LogP contribution in [0, 0.1) is 0 Å². The summed E-state index contributed by atoms with van der Waals surface area (Å²) in [4.78, 5) is 27.7. The molecule has 0 aliphatic carbocycles. The Bertz CT molecular complexity index is 1290. The van der Waals surface area contributed by atoms with Crippen molar-refractivity contribution in [2.45, 2.75) is 0 Å². The van der Waals surface area contributed by atoms with Gasteiger partial charge in [-0.2, -0.15) is 0 Å². The maximum Gasteiger partial charge on any atom is 0.266 e. The van der Waals surface area contributed by atoms with Crippen molar-refractivity contribution in [3.05, 3.63) is 125 Å². The van der Waals surface area contributed by atoms with E-state index in [1.54, 1.807) is 24.3 Å². The summed E-state index contributed by atoms with van der Waals surface area (Å²) in [5, 5.41) is 2.36. The summed E-state index contributed by atoms with van der Waals surface area (Å²) in [6, 6.07) is 27.5. The molecule has 0 saturated heterocycles. The molecule has 0 saturated carbocycles. The highest BCUT2D eigenvalue weighted by Gasteiger charge is 2.38. The molecule has 2 amide bonds. The predicted molar refractivity (Wildman–Crippen MR) is 129 cm³/mol. The summed E-state index contributed by atoms with van der Waals surface area (Å²) >= 11 is 0. The minimum absolute atomic E-state index is 0.263. The maximum atomic E-state index is 13.2. The highest BCUT2D eigenvalue weighted by molar-refractivity contribution is 7.84. The minimum atomic E-state index is -1.74. The molecule has 2 aliphatic heterocycles. The van der Waals surface area contributed by atoms with Crippen molar-refractivity contribution < 1.29 is 9.59 Å². The first-order valence-electron chi connectivity index (χ1n) is 10.2. The Labute approximate surface area is 182 Å². The molecule has 2 aliphatic rings. The Morgan fingerprint density at radius 1 is 0.613 bits per heavy atom. The second kappa shape index (κ2) is 7.37. The molecule has 3 aromatic carbocycles. The molecule has 3 aromatic rings. The standard InChI is InChI=1S/C27H22NO2P/c1-31(2)24(19-11-5-3-6-12-19)17-21(18-25(31)20-13-7-4-8-14-20)28-26(29)22-15-9-10-16-23(22)27(28)30/h3-18H,1-2H3. The van der Waals surface area contributed by atoms with Crippen molar-refractivity contribution in [1.29, 1.82) is 0 Å². The van der Waals surface area contributed by atoms with Gasteiger partial charge in [0.2, 0.25) is 0 Å². The summed E-state index contributed by atoms with van der Waals surface area (Å²) in [6.07, 6.45) is 4.08. The van der Waals surface area contributed by atoms with Crippen molar-refractivity contribution in [1.82, 2.24) is 4.90 Å². The van der Waals surface area contributed by atoms with Crippen LogP contribution in [0.1, 0.15) is 31.8 Å². The number of hydrogen-bond donors (Lipinski definition) is 0. The summed E-state index contributed by atoms with van der Waals surface area (Å²) in [6.45, 7) is 2.85. The van der Waals surface area contributed by atoms with Crippen LogP contribution < -0.4 is 0 Å². The highest BCUT2D eigenvalue weighted by Crippen LogP contribution is 2.58. The molecule has 3 nitrogen and oxygen atoms in total. The Morgan fingerprint density at radius 2 is 1.10 bits per heavy atom. The largest absolute Gasteiger partial charge is 0.268 e. The third-order valence-electron chi connectivity index (χ3n) is 5.97. The van der Waals surface area contributed by atoms with Gasteiger partial charge in [-0.05, 0) is 59.3 Å². The third-order valence-corrected chi connectivity index (χ3v) is 9.15. The van der Waals surface area contributed by atoms with Gasteiger partial charge in [0, 0.05) is 0 Å². The number of amides is 2. The number of hydrogen-bond acceptors (Lipinski definition) is 2. The number of nitrogens with zero attached hydrogens (tertiary/aromatic N) is 1. The van der Waals surface area contributed by atoms with Gasteiger partial charge < -0.3 is 0 Å². The van der Waals surface area contributed by atoms with Gasteiger partial charge in [-0.15, -0.1) is 0 Å². The second-order valence-electron chi connectivity index (χ2n) is 8.16. The fourth-order valence-electron chi connectivity index (χ4n) is 4.36. The van der Waals surface area contributed by atoms with Crippen LogP contribution >= 0.6 is 6.89 Å². The Kier molecular flexibility index (Phi) is 4.64. The number of benzene rings is 3. The lowest BCUT2D eigenvalue weighted by Crippen LogP contribution is -2.30. The van der Waals surface area contributed by atoms with Crippen LogP contribution in [0.5, 0.6) is 0 Å². The summed E-state index contributed by atoms with van der Waals surface area (Å²) in [5.41, 5.74) is 3.80. The Balaban J connectivity index is 1.74. The van der Waals surface area contributed by atoms with E-state index in [1.165, 1.54) is 15.5 Å². The van der Waals surface area contributed by atoms with Crippen LogP contribution in [-0.4, -0.2) is 35.3 Å². The minimum Gasteiger partial charge on any atom is -0.268 e. The summed E-state index contributed by atoms with van der Waals surface area (Å²) in [5.74, 6) is -0.526. The third kappa shape index (κ3) is 3.13. The molecule has 0 aromatic heterocycles. The van der Waals surface area contributed by atoms with E-state index in [9.17, 15) is 9.59 Å². The van der Waals surface area contributed by atoms with Gasteiger partial charge in [-0.1, -0.05) is 79.7 Å². The molecule has 4 heteroatoms. The first-order chi connectivity index (χ1) is 15.0. The van der Waals surface area contributed by atoms with E-state index in [4.69, 9.17) is 0 Å². The van der Waals surface area contributed by atoms with E-state index in [1.807, 2.05) is 48.6 Å². The van der Waals surface area contributed by atoms with Gasteiger partial charge in [0.25, 0.3) is 11.8 Å². The van der Waals surface area contributed by atoms with Crippen LogP contribution in [0.3, 0.4) is 0 Å². The second-order valence-corrected chi connectivity index (χ2v) is 12.0. The molecule has 2 heterocycles. The zero-order valence-corrected chi connectivity index (χ0v) is 18.3. The lowest BCUT2D eigenvalue weighted by atomic mass is 10.1.